The molecule has 72 valence electrons. The van der Waals surface area contributed by atoms with Crippen molar-refractivity contribution in [3.05, 3.63) is 32.2 Å². The fraction of sp³-hybridized carbons (Fsp3) is 0.286. The van der Waals surface area contributed by atoms with E-state index in [9.17, 15) is 13.6 Å². The van der Waals surface area contributed by atoms with Crippen LogP contribution in [0.2, 0.25) is 0 Å². The number of rotatable bonds is 2. The first-order valence-electron chi connectivity index (χ1n) is 3.32. The third-order valence-corrected chi connectivity index (χ3v) is 2.74. The first-order valence-corrected chi connectivity index (χ1v) is 5.23. The summed E-state index contributed by atoms with van der Waals surface area (Å²) >= 11 is 6.13. The molecule has 1 aromatic rings. The summed E-state index contributed by atoms with van der Waals surface area (Å²) in [5.74, 6) is 0. The van der Waals surface area contributed by atoms with Crippen LogP contribution in [0.25, 0.3) is 0 Å². The predicted octanol–water partition coefficient (Wildman–Crippen LogP) is 2.97. The molecule has 0 aliphatic heterocycles. The Kier molecular flexibility index (Phi) is 3.61. The van der Waals surface area contributed by atoms with Crippen LogP contribution in [0.5, 0.6) is 0 Å². The van der Waals surface area contributed by atoms with E-state index in [4.69, 9.17) is 0 Å². The molecule has 0 atom stereocenters. The van der Waals surface area contributed by atoms with E-state index < -0.39 is 12.0 Å². The molecule has 2 nitrogen and oxygen atoms in total. The molecule has 0 saturated heterocycles. The van der Waals surface area contributed by atoms with Crippen molar-refractivity contribution < 1.29 is 8.78 Å². The van der Waals surface area contributed by atoms with Crippen molar-refractivity contribution >= 4 is 31.9 Å². The summed E-state index contributed by atoms with van der Waals surface area (Å²) in [4.78, 5) is 13.2. The Morgan fingerprint density at radius 2 is 2.15 bits per heavy atom. The van der Waals surface area contributed by atoms with Crippen LogP contribution in [-0.2, 0) is 5.33 Å². The van der Waals surface area contributed by atoms with Gasteiger partial charge in [-0.05, 0) is 6.07 Å². The minimum Gasteiger partial charge on any atom is -0.321 e. The fourth-order valence-corrected chi connectivity index (χ4v) is 2.32. The largest absolute Gasteiger partial charge is 0.321 e. The van der Waals surface area contributed by atoms with E-state index in [0.29, 0.717) is 15.4 Å². The molecule has 1 aromatic heterocycles. The molecule has 1 N–H and O–H groups in total. The van der Waals surface area contributed by atoms with Crippen molar-refractivity contribution in [3.8, 4) is 0 Å². The maximum Gasteiger partial charge on any atom is 0.278 e. The summed E-state index contributed by atoms with van der Waals surface area (Å²) in [5.41, 5.74) is -0.465. The van der Waals surface area contributed by atoms with Crippen LogP contribution in [0.3, 0.4) is 0 Å². The molecule has 0 spiro atoms. The van der Waals surface area contributed by atoms with Gasteiger partial charge in [-0.3, -0.25) is 4.79 Å². The Hall–Kier alpha value is -0.230. The first kappa shape index (κ1) is 10.8. The van der Waals surface area contributed by atoms with Crippen molar-refractivity contribution in [2.75, 3.05) is 0 Å². The number of hydrogen-bond acceptors (Lipinski definition) is 1. The third kappa shape index (κ3) is 2.37. The molecule has 6 heteroatoms. The van der Waals surface area contributed by atoms with Gasteiger partial charge < -0.3 is 4.98 Å². The molecule has 0 radical (unpaired) electrons. The lowest BCUT2D eigenvalue weighted by Gasteiger charge is -2.03. The smallest absolute Gasteiger partial charge is 0.278 e. The Bertz CT molecular complexity index is 364. The minimum atomic E-state index is -2.66. The number of nitrogens with one attached hydrogen (secondary N) is 1. The van der Waals surface area contributed by atoms with Crippen LogP contribution in [0.4, 0.5) is 8.78 Å². The predicted molar refractivity (Wildman–Crippen MR) is 52.4 cm³/mol. The van der Waals surface area contributed by atoms with Gasteiger partial charge in [0, 0.05) is 15.4 Å². The highest BCUT2D eigenvalue weighted by Gasteiger charge is 2.12. The fourth-order valence-electron chi connectivity index (χ4n) is 0.817. The van der Waals surface area contributed by atoms with Gasteiger partial charge in [-0.2, -0.15) is 0 Å². The van der Waals surface area contributed by atoms with E-state index >= 15 is 0 Å². The van der Waals surface area contributed by atoms with Crippen LogP contribution >= 0.6 is 31.9 Å². The summed E-state index contributed by atoms with van der Waals surface area (Å²) < 4.78 is 24.7. The van der Waals surface area contributed by atoms with E-state index in [-0.39, 0.29) is 5.69 Å². The summed E-state index contributed by atoms with van der Waals surface area (Å²) in [7, 11) is 0. The zero-order valence-electron chi connectivity index (χ0n) is 6.28. The molecule has 0 aliphatic rings. The quantitative estimate of drug-likeness (QED) is 0.836. The molecule has 0 aliphatic carbocycles. The average Bonchev–Trinajstić information content (AvgIpc) is 2.03. The van der Waals surface area contributed by atoms with Crippen molar-refractivity contribution in [3.63, 3.8) is 0 Å². The topological polar surface area (TPSA) is 32.9 Å². The van der Waals surface area contributed by atoms with Crippen molar-refractivity contribution in [1.82, 2.24) is 4.98 Å². The van der Waals surface area contributed by atoms with Gasteiger partial charge in [0.05, 0.1) is 5.69 Å². The van der Waals surface area contributed by atoms with Crippen LogP contribution < -0.4 is 5.56 Å². The van der Waals surface area contributed by atoms with Gasteiger partial charge in [0.1, 0.15) is 0 Å². The van der Waals surface area contributed by atoms with E-state index in [2.05, 4.69) is 36.8 Å². The average molecular weight is 317 g/mol. The van der Waals surface area contributed by atoms with Gasteiger partial charge in [0.15, 0.2) is 0 Å². The van der Waals surface area contributed by atoms with Crippen molar-refractivity contribution in [2.24, 2.45) is 0 Å². The summed E-state index contributed by atoms with van der Waals surface area (Å²) in [6.45, 7) is 0. The Labute approximate surface area is 89.6 Å². The first-order chi connectivity index (χ1) is 6.06. The van der Waals surface area contributed by atoms with E-state index in [0.717, 1.165) is 0 Å². The zero-order chi connectivity index (χ0) is 10.0. The molecule has 0 amide bonds. The van der Waals surface area contributed by atoms with Crippen LogP contribution in [0.1, 0.15) is 17.7 Å². The van der Waals surface area contributed by atoms with E-state index in [1.807, 2.05) is 0 Å². The highest BCUT2D eigenvalue weighted by atomic mass is 79.9. The second-order valence-electron chi connectivity index (χ2n) is 2.31. The lowest BCUT2D eigenvalue weighted by Crippen LogP contribution is -2.14. The van der Waals surface area contributed by atoms with Gasteiger partial charge in [-0.15, -0.1) is 0 Å². The number of halogens is 4. The Morgan fingerprint density at radius 1 is 1.54 bits per heavy atom. The normalized spacial score (nSPS) is 10.8. The molecule has 13 heavy (non-hydrogen) atoms. The Balaban J connectivity index is 3.29. The SMILES string of the molecule is O=c1[nH]c(C(F)F)cc(Br)c1CBr. The number of alkyl halides is 3. The monoisotopic (exact) mass is 315 g/mol. The van der Waals surface area contributed by atoms with Gasteiger partial charge in [0.25, 0.3) is 12.0 Å². The molecule has 0 fully saturated rings. The van der Waals surface area contributed by atoms with Crippen LogP contribution in [0, 0.1) is 0 Å². The van der Waals surface area contributed by atoms with Gasteiger partial charge in [0.2, 0.25) is 0 Å². The maximum absolute atomic E-state index is 12.2. The van der Waals surface area contributed by atoms with Crippen molar-refractivity contribution in [2.45, 2.75) is 11.8 Å². The number of H-pyrrole nitrogens is 1. The Morgan fingerprint density at radius 3 is 2.54 bits per heavy atom. The van der Waals surface area contributed by atoms with E-state index in [1.54, 1.807) is 0 Å². The molecule has 1 heterocycles. The minimum absolute atomic E-state index is 0.326. The molecule has 0 aromatic carbocycles. The molecule has 1 rings (SSSR count). The molecule has 0 saturated carbocycles. The van der Waals surface area contributed by atoms with Gasteiger partial charge in [-0.25, -0.2) is 8.78 Å². The lowest BCUT2D eigenvalue weighted by atomic mass is 10.3. The van der Waals surface area contributed by atoms with Gasteiger partial charge >= 0.3 is 0 Å². The standard InChI is InChI=1S/C7H5Br2F2NO/c8-2-3-4(9)1-5(6(10)11)12-7(3)13/h1,6H,2H2,(H,12,13). The summed E-state index contributed by atoms with van der Waals surface area (Å²) in [6, 6.07) is 1.21. The molecule has 0 unspecified atom stereocenters. The highest BCUT2D eigenvalue weighted by Crippen LogP contribution is 2.21. The highest BCUT2D eigenvalue weighted by molar-refractivity contribution is 9.10. The number of aromatic nitrogens is 1. The molecular formula is C7H5Br2F2NO. The lowest BCUT2D eigenvalue weighted by molar-refractivity contribution is 0.145. The van der Waals surface area contributed by atoms with E-state index in [1.165, 1.54) is 6.07 Å². The number of hydrogen-bond donors (Lipinski definition) is 1. The van der Waals surface area contributed by atoms with Crippen molar-refractivity contribution in [1.29, 1.82) is 0 Å². The third-order valence-electron chi connectivity index (χ3n) is 1.47. The maximum atomic E-state index is 12.2. The number of aromatic amines is 1. The van der Waals surface area contributed by atoms with Crippen LogP contribution in [0.15, 0.2) is 15.3 Å². The molecular weight excluding hydrogens is 312 g/mol. The summed E-state index contributed by atoms with van der Waals surface area (Å²) in [5, 5.41) is 0.326. The second kappa shape index (κ2) is 4.32. The second-order valence-corrected chi connectivity index (χ2v) is 3.73. The van der Waals surface area contributed by atoms with Crippen LogP contribution in [-0.4, -0.2) is 4.98 Å². The number of pyridine rings is 1. The van der Waals surface area contributed by atoms with Gasteiger partial charge in [-0.1, -0.05) is 31.9 Å². The molecule has 0 bridgehead atoms. The zero-order valence-corrected chi connectivity index (χ0v) is 9.45. The summed E-state index contributed by atoms with van der Waals surface area (Å²) in [6.07, 6.45) is -2.66.